The Balaban J connectivity index is 0.00000211. The number of hydrogen-bond acceptors (Lipinski definition) is 3. The van der Waals surface area contributed by atoms with Gasteiger partial charge in [0.15, 0.2) is 0 Å². The number of allylic oxidation sites excluding steroid dienone is 1. The Kier molecular flexibility index (Phi) is 13.4. The van der Waals surface area contributed by atoms with Crippen molar-refractivity contribution in [1.29, 1.82) is 0 Å². The Bertz CT molecular complexity index is 1370. The molecule has 3 heteroatoms. The molecular formula is C40H61N3. The Hall–Kier alpha value is -2.72. The van der Waals surface area contributed by atoms with Gasteiger partial charge in [0.2, 0.25) is 0 Å². The monoisotopic (exact) mass is 583 g/mol. The quantitative estimate of drug-likeness (QED) is 0.223. The molecule has 0 aromatic heterocycles. The van der Waals surface area contributed by atoms with Crippen molar-refractivity contribution in [2.75, 3.05) is 0 Å². The van der Waals surface area contributed by atoms with Crippen molar-refractivity contribution >= 4 is 5.57 Å². The van der Waals surface area contributed by atoms with Gasteiger partial charge in [-0.25, -0.2) is 0 Å². The Morgan fingerprint density at radius 2 is 1.42 bits per heavy atom. The minimum absolute atomic E-state index is 0. The van der Waals surface area contributed by atoms with Crippen molar-refractivity contribution in [2.45, 2.75) is 126 Å². The van der Waals surface area contributed by atoms with E-state index < -0.39 is 5.54 Å². The summed E-state index contributed by atoms with van der Waals surface area (Å²) in [6.07, 6.45) is 6.58. The zero-order chi connectivity index (χ0) is 31.2. The molecule has 0 heterocycles. The molecule has 0 fully saturated rings. The summed E-state index contributed by atoms with van der Waals surface area (Å²) in [5, 5.41) is 0. The lowest BCUT2D eigenvalue weighted by Gasteiger charge is -2.44. The summed E-state index contributed by atoms with van der Waals surface area (Å²) < 4.78 is 0. The van der Waals surface area contributed by atoms with Gasteiger partial charge in [-0.1, -0.05) is 91.9 Å². The second-order valence-electron chi connectivity index (χ2n) is 12.0. The van der Waals surface area contributed by atoms with Crippen LogP contribution in [0.4, 0.5) is 0 Å². The summed E-state index contributed by atoms with van der Waals surface area (Å²) >= 11 is 0. The van der Waals surface area contributed by atoms with Crippen LogP contribution in [0.3, 0.4) is 0 Å². The molecule has 0 amide bonds. The van der Waals surface area contributed by atoms with E-state index >= 15 is 0 Å². The van der Waals surface area contributed by atoms with E-state index in [-0.39, 0.29) is 13.3 Å². The van der Waals surface area contributed by atoms with Gasteiger partial charge in [0.25, 0.3) is 0 Å². The van der Waals surface area contributed by atoms with Gasteiger partial charge in [0.1, 0.15) is 0 Å². The van der Waals surface area contributed by atoms with Gasteiger partial charge in [-0.05, 0) is 137 Å². The van der Waals surface area contributed by atoms with Crippen LogP contribution in [0.25, 0.3) is 5.57 Å². The van der Waals surface area contributed by atoms with Crippen molar-refractivity contribution in [2.24, 2.45) is 23.1 Å². The van der Waals surface area contributed by atoms with Gasteiger partial charge >= 0.3 is 0 Å². The average molecular weight is 584 g/mol. The number of aryl methyl sites for hydroxylation is 5. The smallest absolute Gasteiger partial charge is 0.0485 e. The molecule has 0 radical (unpaired) electrons. The highest BCUT2D eigenvalue weighted by Gasteiger charge is 2.42. The second-order valence-corrected chi connectivity index (χ2v) is 12.0. The third-order valence-corrected chi connectivity index (χ3v) is 9.76. The highest BCUT2D eigenvalue weighted by Crippen LogP contribution is 2.45. The van der Waals surface area contributed by atoms with Crippen LogP contribution >= 0.6 is 0 Å². The molecule has 0 bridgehead atoms. The van der Waals surface area contributed by atoms with Gasteiger partial charge in [-0.15, -0.1) is 0 Å². The van der Waals surface area contributed by atoms with E-state index in [1.54, 1.807) is 0 Å². The molecule has 4 rings (SSSR count). The molecule has 0 saturated carbocycles. The predicted octanol–water partition coefficient (Wildman–Crippen LogP) is 8.81. The minimum atomic E-state index is -0.512. The summed E-state index contributed by atoms with van der Waals surface area (Å²) in [5.41, 5.74) is 36.8. The first-order chi connectivity index (χ1) is 20.1. The van der Waals surface area contributed by atoms with E-state index in [4.69, 9.17) is 17.2 Å². The normalized spacial score (nSPS) is 17.4. The summed E-state index contributed by atoms with van der Waals surface area (Å²) in [5.74, 6) is 0.203. The SMILES string of the molecule is C.C=C(CC1Cc2c(CN)cc(CC)cc2CC1(N)c1cc(C)c(CN)c(CC)c1)c1cc(CC)c(C)c(CC)c1.CC. The largest absolute Gasteiger partial charge is 0.326 e. The molecule has 1 aliphatic carbocycles. The fourth-order valence-corrected chi connectivity index (χ4v) is 7.12. The van der Waals surface area contributed by atoms with Crippen LogP contribution < -0.4 is 17.2 Å². The van der Waals surface area contributed by atoms with Gasteiger partial charge in [0, 0.05) is 18.6 Å². The highest BCUT2D eigenvalue weighted by molar-refractivity contribution is 5.66. The second kappa shape index (κ2) is 15.8. The van der Waals surface area contributed by atoms with Crippen LogP contribution in [-0.4, -0.2) is 0 Å². The molecule has 43 heavy (non-hydrogen) atoms. The first kappa shape index (κ1) is 36.5. The third-order valence-electron chi connectivity index (χ3n) is 9.76. The Labute approximate surface area is 264 Å². The standard InChI is InChI=1S/C37H51N3.C2H6.CH4/c1-8-26-14-31-20-37(40,33-13-24(6)36(22-39)29(11-4)18-33)34(19-35(31)32(15-26)21-38)12-23(5)30-16-27(9-2)25(7)28(10-3)17-30;1-2;/h13-18,34H,5,8-12,19-22,38-40H2,1-4,6-7H3;1-2H3;1H4. The van der Waals surface area contributed by atoms with Gasteiger partial charge in [-0.3, -0.25) is 0 Å². The van der Waals surface area contributed by atoms with E-state index in [9.17, 15) is 0 Å². The number of hydrogen-bond donors (Lipinski definition) is 3. The maximum absolute atomic E-state index is 7.67. The molecule has 1 aliphatic rings. The molecule has 0 spiro atoms. The fraction of sp³-hybridized carbons (Fsp3) is 0.500. The van der Waals surface area contributed by atoms with Crippen molar-refractivity contribution < 1.29 is 0 Å². The lowest BCUT2D eigenvalue weighted by atomic mass is 9.63. The maximum atomic E-state index is 7.67. The lowest BCUT2D eigenvalue weighted by molar-refractivity contribution is 0.255. The van der Waals surface area contributed by atoms with E-state index in [1.807, 2.05) is 13.8 Å². The van der Waals surface area contributed by atoms with E-state index in [2.05, 4.69) is 84.5 Å². The van der Waals surface area contributed by atoms with Crippen LogP contribution in [0.2, 0.25) is 0 Å². The number of nitrogens with two attached hydrogens (primary N) is 3. The Morgan fingerprint density at radius 1 is 0.814 bits per heavy atom. The topological polar surface area (TPSA) is 78.1 Å². The average Bonchev–Trinajstić information content (AvgIpc) is 3.01. The molecule has 0 aliphatic heterocycles. The Morgan fingerprint density at radius 3 is 1.93 bits per heavy atom. The van der Waals surface area contributed by atoms with Crippen molar-refractivity contribution in [1.82, 2.24) is 0 Å². The molecule has 0 saturated heterocycles. The first-order valence-electron chi connectivity index (χ1n) is 16.4. The van der Waals surface area contributed by atoms with Gasteiger partial charge < -0.3 is 17.2 Å². The first-order valence-corrected chi connectivity index (χ1v) is 16.4. The van der Waals surface area contributed by atoms with Crippen molar-refractivity contribution in [3.63, 3.8) is 0 Å². The molecular weight excluding hydrogens is 522 g/mol. The molecule has 236 valence electrons. The summed E-state index contributed by atoms with van der Waals surface area (Å²) in [7, 11) is 0. The summed E-state index contributed by atoms with van der Waals surface area (Å²) in [6.45, 7) is 23.1. The molecule has 3 aromatic carbocycles. The molecule has 2 unspecified atom stereocenters. The number of fused-ring (bicyclic) bond motifs is 1. The maximum Gasteiger partial charge on any atom is 0.0485 e. The van der Waals surface area contributed by atoms with E-state index in [0.717, 1.165) is 44.9 Å². The number of rotatable bonds is 10. The fourth-order valence-electron chi connectivity index (χ4n) is 7.12. The zero-order valence-electron chi connectivity index (χ0n) is 27.8. The van der Waals surface area contributed by atoms with Gasteiger partial charge in [-0.2, -0.15) is 0 Å². The van der Waals surface area contributed by atoms with Crippen LogP contribution in [0.5, 0.6) is 0 Å². The molecule has 3 aromatic rings. The van der Waals surface area contributed by atoms with E-state index in [0.29, 0.717) is 13.1 Å². The third kappa shape index (κ3) is 7.33. The van der Waals surface area contributed by atoms with E-state index in [1.165, 1.54) is 72.3 Å². The number of benzene rings is 3. The van der Waals surface area contributed by atoms with Crippen LogP contribution in [0.1, 0.15) is 122 Å². The summed E-state index contributed by atoms with van der Waals surface area (Å²) in [6, 6.07) is 14.1. The molecule has 6 N–H and O–H groups in total. The van der Waals surface area contributed by atoms with Crippen molar-refractivity contribution in [3.05, 3.63) is 110 Å². The molecule has 2 atom stereocenters. The minimum Gasteiger partial charge on any atom is -0.326 e. The molecule has 3 nitrogen and oxygen atoms in total. The van der Waals surface area contributed by atoms with Crippen LogP contribution in [0, 0.1) is 19.8 Å². The van der Waals surface area contributed by atoms with Crippen molar-refractivity contribution in [3.8, 4) is 0 Å². The predicted molar refractivity (Wildman–Crippen MR) is 191 cm³/mol. The van der Waals surface area contributed by atoms with Crippen LogP contribution in [0.15, 0.2) is 43.0 Å². The van der Waals surface area contributed by atoms with Crippen LogP contribution in [-0.2, 0) is 57.2 Å². The van der Waals surface area contributed by atoms with Gasteiger partial charge in [0.05, 0.1) is 0 Å². The lowest BCUT2D eigenvalue weighted by Crippen LogP contribution is -2.50. The highest BCUT2D eigenvalue weighted by atomic mass is 14.8. The zero-order valence-corrected chi connectivity index (χ0v) is 27.8. The summed E-state index contributed by atoms with van der Waals surface area (Å²) in [4.78, 5) is 0.